The van der Waals surface area contributed by atoms with Crippen molar-refractivity contribution in [1.29, 1.82) is 0 Å². The molecule has 1 aromatic carbocycles. The molecule has 1 aromatic rings. The average molecular weight is 292 g/mol. The average Bonchev–Trinajstić information content (AvgIpc) is 2.37. The molecular formula is C15H16O6. The highest BCUT2D eigenvalue weighted by atomic mass is 16.6. The molecule has 0 spiro atoms. The lowest BCUT2D eigenvalue weighted by Crippen LogP contribution is -2.22. The van der Waals surface area contributed by atoms with Crippen LogP contribution in [0.5, 0.6) is 11.5 Å². The molecule has 0 saturated heterocycles. The molecule has 1 unspecified atom stereocenters. The first-order valence-electron chi connectivity index (χ1n) is 6.62. The van der Waals surface area contributed by atoms with E-state index in [0.29, 0.717) is 19.3 Å². The van der Waals surface area contributed by atoms with Crippen molar-refractivity contribution in [3.05, 3.63) is 23.3 Å². The molecule has 6 nitrogen and oxygen atoms in total. The predicted octanol–water partition coefficient (Wildman–Crippen LogP) is 1.73. The normalized spacial score (nSPS) is 16.8. The largest absolute Gasteiger partial charge is 0.481 e. The van der Waals surface area contributed by atoms with Gasteiger partial charge in [-0.25, -0.2) is 0 Å². The lowest BCUT2D eigenvalue weighted by Gasteiger charge is -2.23. The minimum atomic E-state index is -0.834. The van der Waals surface area contributed by atoms with Gasteiger partial charge in [-0.2, -0.15) is 0 Å². The van der Waals surface area contributed by atoms with Crippen molar-refractivity contribution in [2.75, 3.05) is 0 Å². The minimum Gasteiger partial charge on any atom is -0.481 e. The van der Waals surface area contributed by atoms with E-state index in [2.05, 4.69) is 0 Å². The molecule has 0 heterocycles. The lowest BCUT2D eigenvalue weighted by atomic mass is 9.83. The first-order chi connectivity index (χ1) is 9.86. The van der Waals surface area contributed by atoms with Crippen LogP contribution in [0.1, 0.15) is 31.4 Å². The van der Waals surface area contributed by atoms with Crippen LogP contribution in [0.25, 0.3) is 0 Å². The van der Waals surface area contributed by atoms with Gasteiger partial charge in [0, 0.05) is 13.8 Å². The number of benzene rings is 1. The number of hydrogen-bond donors (Lipinski definition) is 1. The highest BCUT2D eigenvalue weighted by Gasteiger charge is 2.26. The topological polar surface area (TPSA) is 89.9 Å². The molecule has 1 atom stereocenters. The zero-order chi connectivity index (χ0) is 15.6. The Balaban J connectivity index is 2.38. The second-order valence-electron chi connectivity index (χ2n) is 5.03. The fraction of sp³-hybridized carbons (Fsp3) is 0.400. The number of carbonyl (C=O) groups excluding carboxylic acids is 2. The van der Waals surface area contributed by atoms with Gasteiger partial charge in [-0.3, -0.25) is 14.4 Å². The quantitative estimate of drug-likeness (QED) is 0.674. The molecule has 2 rings (SSSR count). The Morgan fingerprint density at radius 3 is 2.05 bits per heavy atom. The summed E-state index contributed by atoms with van der Waals surface area (Å²) in [5, 5.41) is 9.10. The molecule has 1 aliphatic rings. The molecule has 0 saturated carbocycles. The van der Waals surface area contributed by atoms with E-state index in [-0.39, 0.29) is 11.5 Å². The van der Waals surface area contributed by atoms with Crippen molar-refractivity contribution in [2.24, 2.45) is 5.92 Å². The summed E-state index contributed by atoms with van der Waals surface area (Å²) in [5.74, 6) is -2.00. The highest BCUT2D eigenvalue weighted by molar-refractivity contribution is 5.75. The minimum absolute atomic E-state index is 0.141. The van der Waals surface area contributed by atoms with E-state index >= 15 is 0 Å². The molecule has 0 aromatic heterocycles. The summed E-state index contributed by atoms with van der Waals surface area (Å²) in [4.78, 5) is 33.3. The van der Waals surface area contributed by atoms with Crippen LogP contribution in [-0.2, 0) is 27.2 Å². The van der Waals surface area contributed by atoms with Gasteiger partial charge in [-0.15, -0.1) is 0 Å². The van der Waals surface area contributed by atoms with Gasteiger partial charge in [0.15, 0.2) is 11.5 Å². The smallest absolute Gasteiger partial charge is 0.308 e. The number of carboxylic acid groups (broad SMARTS) is 1. The van der Waals surface area contributed by atoms with Crippen molar-refractivity contribution in [2.45, 2.75) is 33.1 Å². The number of ether oxygens (including phenoxy) is 2. The molecule has 0 radical (unpaired) electrons. The van der Waals surface area contributed by atoms with E-state index in [0.717, 1.165) is 11.1 Å². The second-order valence-corrected chi connectivity index (χ2v) is 5.03. The number of carbonyl (C=O) groups is 3. The molecule has 112 valence electrons. The number of aryl methyl sites for hydroxylation is 1. The number of rotatable bonds is 3. The van der Waals surface area contributed by atoms with E-state index in [4.69, 9.17) is 14.6 Å². The van der Waals surface area contributed by atoms with Gasteiger partial charge in [-0.05, 0) is 42.5 Å². The maximum Gasteiger partial charge on any atom is 0.308 e. The SMILES string of the molecule is CC(=O)Oc1cc2c(cc1OC(C)=O)CC(C(=O)O)CC2. The third kappa shape index (κ3) is 3.59. The second kappa shape index (κ2) is 5.95. The van der Waals surface area contributed by atoms with Gasteiger partial charge >= 0.3 is 17.9 Å². The maximum absolute atomic E-state index is 11.1. The zero-order valence-electron chi connectivity index (χ0n) is 11.8. The van der Waals surface area contributed by atoms with Crippen molar-refractivity contribution < 1.29 is 29.0 Å². The van der Waals surface area contributed by atoms with Crippen molar-refractivity contribution in [3.63, 3.8) is 0 Å². The van der Waals surface area contributed by atoms with E-state index in [1.807, 2.05) is 0 Å². The number of fused-ring (bicyclic) bond motifs is 1. The fourth-order valence-electron chi connectivity index (χ4n) is 2.44. The molecular weight excluding hydrogens is 276 g/mol. The standard InChI is InChI=1S/C15H16O6/c1-8(16)20-13-6-10-3-4-11(15(18)19)5-12(10)7-14(13)21-9(2)17/h6-7,11H,3-5H2,1-2H3,(H,18,19). The van der Waals surface area contributed by atoms with E-state index in [9.17, 15) is 14.4 Å². The Morgan fingerprint density at radius 1 is 1.05 bits per heavy atom. The highest BCUT2D eigenvalue weighted by Crippen LogP contribution is 2.36. The van der Waals surface area contributed by atoms with Gasteiger partial charge in [0.1, 0.15) is 0 Å². The Bertz CT molecular complexity index is 604. The van der Waals surface area contributed by atoms with Crippen LogP contribution in [0.4, 0.5) is 0 Å². The van der Waals surface area contributed by atoms with Gasteiger partial charge in [0.2, 0.25) is 0 Å². The molecule has 21 heavy (non-hydrogen) atoms. The maximum atomic E-state index is 11.1. The van der Waals surface area contributed by atoms with Crippen LogP contribution in [0.2, 0.25) is 0 Å². The number of aliphatic carboxylic acids is 1. The first-order valence-corrected chi connectivity index (χ1v) is 6.62. The summed E-state index contributed by atoms with van der Waals surface area (Å²) in [7, 11) is 0. The Morgan fingerprint density at radius 2 is 1.57 bits per heavy atom. The Kier molecular flexibility index (Phi) is 4.26. The van der Waals surface area contributed by atoms with E-state index < -0.39 is 23.8 Å². The molecule has 6 heteroatoms. The van der Waals surface area contributed by atoms with Crippen LogP contribution >= 0.6 is 0 Å². The predicted molar refractivity (Wildman–Crippen MR) is 72.2 cm³/mol. The van der Waals surface area contributed by atoms with E-state index in [1.165, 1.54) is 13.8 Å². The number of carboxylic acids is 1. The number of esters is 2. The molecule has 0 fully saturated rings. The third-order valence-electron chi connectivity index (χ3n) is 3.35. The monoisotopic (exact) mass is 292 g/mol. The fourth-order valence-corrected chi connectivity index (χ4v) is 2.44. The van der Waals surface area contributed by atoms with Gasteiger partial charge < -0.3 is 14.6 Å². The van der Waals surface area contributed by atoms with Crippen LogP contribution in [0.15, 0.2) is 12.1 Å². The summed E-state index contributed by atoms with van der Waals surface area (Å²) in [6, 6.07) is 3.23. The van der Waals surface area contributed by atoms with Crippen molar-refractivity contribution in [3.8, 4) is 11.5 Å². The first kappa shape index (κ1) is 15.0. The molecule has 0 amide bonds. The third-order valence-corrected chi connectivity index (χ3v) is 3.35. The summed E-state index contributed by atoms with van der Waals surface area (Å²) in [6.45, 7) is 2.51. The zero-order valence-corrected chi connectivity index (χ0v) is 11.8. The van der Waals surface area contributed by atoms with Gasteiger partial charge in [0.25, 0.3) is 0 Å². The number of hydrogen-bond acceptors (Lipinski definition) is 5. The Labute approximate surface area is 121 Å². The van der Waals surface area contributed by atoms with E-state index in [1.54, 1.807) is 12.1 Å². The summed E-state index contributed by atoms with van der Waals surface area (Å²) < 4.78 is 10.1. The lowest BCUT2D eigenvalue weighted by molar-refractivity contribution is -0.142. The molecule has 1 N–H and O–H groups in total. The van der Waals surface area contributed by atoms with Crippen molar-refractivity contribution in [1.82, 2.24) is 0 Å². The van der Waals surface area contributed by atoms with Crippen LogP contribution in [0.3, 0.4) is 0 Å². The molecule has 0 aliphatic heterocycles. The summed E-state index contributed by atoms with van der Waals surface area (Å²) in [5.41, 5.74) is 1.72. The molecule has 0 bridgehead atoms. The van der Waals surface area contributed by atoms with Crippen LogP contribution < -0.4 is 9.47 Å². The Hall–Kier alpha value is -2.37. The van der Waals surface area contributed by atoms with Crippen LogP contribution in [-0.4, -0.2) is 23.0 Å². The summed E-state index contributed by atoms with van der Waals surface area (Å²) >= 11 is 0. The van der Waals surface area contributed by atoms with Gasteiger partial charge in [-0.1, -0.05) is 0 Å². The van der Waals surface area contributed by atoms with Crippen molar-refractivity contribution >= 4 is 17.9 Å². The van der Waals surface area contributed by atoms with Gasteiger partial charge in [0.05, 0.1) is 5.92 Å². The molecule has 1 aliphatic carbocycles. The summed E-state index contributed by atoms with van der Waals surface area (Å²) in [6.07, 6.45) is 1.49. The van der Waals surface area contributed by atoms with Crippen LogP contribution in [0, 0.1) is 5.92 Å².